The number of nitrogens with one attached hydrogen (secondary N) is 1. The minimum Gasteiger partial charge on any atom is -0.481 e. The van der Waals surface area contributed by atoms with Crippen LogP contribution in [0.15, 0.2) is 73.1 Å². The van der Waals surface area contributed by atoms with E-state index in [0.29, 0.717) is 23.5 Å². The normalized spacial score (nSPS) is 10.7. The molecule has 0 aliphatic carbocycles. The van der Waals surface area contributed by atoms with Crippen LogP contribution in [-0.2, 0) is 17.8 Å². The maximum Gasteiger partial charge on any atom is 0.307 e. The van der Waals surface area contributed by atoms with Crippen molar-refractivity contribution < 1.29 is 14.7 Å². The molecule has 0 aliphatic rings. The van der Waals surface area contributed by atoms with Crippen molar-refractivity contribution in [2.24, 2.45) is 5.73 Å². The van der Waals surface area contributed by atoms with Crippen LogP contribution in [0.4, 0.5) is 5.69 Å². The summed E-state index contributed by atoms with van der Waals surface area (Å²) in [7, 11) is 0. The monoisotopic (exact) mass is 412 g/mol. The van der Waals surface area contributed by atoms with Gasteiger partial charge in [-0.1, -0.05) is 36.4 Å². The van der Waals surface area contributed by atoms with E-state index in [1.54, 1.807) is 42.7 Å². The van der Waals surface area contributed by atoms with Crippen LogP contribution in [0.1, 0.15) is 21.6 Å². The van der Waals surface area contributed by atoms with Gasteiger partial charge in [-0.15, -0.1) is 0 Å². The summed E-state index contributed by atoms with van der Waals surface area (Å²) in [6.07, 6.45) is 3.19. The highest BCUT2D eigenvalue weighted by atomic mass is 16.4. The molecule has 4 aromatic rings. The first kappa shape index (κ1) is 20.2. The highest BCUT2D eigenvalue weighted by Crippen LogP contribution is 2.28. The van der Waals surface area contributed by atoms with E-state index in [4.69, 9.17) is 10.8 Å². The first-order valence-electron chi connectivity index (χ1n) is 9.70. The first-order chi connectivity index (χ1) is 15.0. The molecule has 7 nitrogen and oxygen atoms in total. The topological polar surface area (TPSA) is 118 Å². The molecule has 2 heterocycles. The Kier molecular flexibility index (Phi) is 5.68. The van der Waals surface area contributed by atoms with E-state index >= 15 is 0 Å². The second-order valence-electron chi connectivity index (χ2n) is 7.04. The van der Waals surface area contributed by atoms with Crippen molar-refractivity contribution in [2.45, 2.75) is 13.0 Å². The summed E-state index contributed by atoms with van der Waals surface area (Å²) in [4.78, 5) is 33.0. The van der Waals surface area contributed by atoms with Crippen molar-refractivity contribution in [1.82, 2.24) is 9.97 Å². The third kappa shape index (κ3) is 4.41. The van der Waals surface area contributed by atoms with Crippen molar-refractivity contribution in [3.63, 3.8) is 0 Å². The van der Waals surface area contributed by atoms with Crippen LogP contribution in [0.3, 0.4) is 0 Å². The Balaban J connectivity index is 1.77. The van der Waals surface area contributed by atoms with Crippen molar-refractivity contribution in [3.05, 3.63) is 89.9 Å². The number of amides is 1. The number of hydrogen-bond acceptors (Lipinski definition) is 5. The Bertz CT molecular complexity index is 1290. The third-order valence-electron chi connectivity index (χ3n) is 4.91. The molecule has 0 radical (unpaired) electrons. The van der Waals surface area contributed by atoms with Crippen LogP contribution in [0.25, 0.3) is 22.0 Å². The van der Waals surface area contributed by atoms with Gasteiger partial charge in [-0.2, -0.15) is 0 Å². The summed E-state index contributed by atoms with van der Waals surface area (Å²) >= 11 is 0. The number of hydrogen-bond donors (Lipinski definition) is 3. The van der Waals surface area contributed by atoms with E-state index in [9.17, 15) is 9.59 Å². The van der Waals surface area contributed by atoms with Gasteiger partial charge in [-0.05, 0) is 40.8 Å². The predicted molar refractivity (Wildman–Crippen MR) is 119 cm³/mol. The Morgan fingerprint density at radius 3 is 2.68 bits per heavy atom. The van der Waals surface area contributed by atoms with Gasteiger partial charge in [-0.25, -0.2) is 4.98 Å². The zero-order valence-corrected chi connectivity index (χ0v) is 16.6. The zero-order valence-electron chi connectivity index (χ0n) is 16.6. The number of carboxylic acids is 1. The largest absolute Gasteiger partial charge is 0.481 e. The number of para-hydroxylation sites is 1. The van der Waals surface area contributed by atoms with Gasteiger partial charge in [0.25, 0.3) is 5.91 Å². The molecule has 0 bridgehead atoms. The van der Waals surface area contributed by atoms with Crippen molar-refractivity contribution >= 4 is 28.3 Å². The third-order valence-corrected chi connectivity index (χ3v) is 4.91. The van der Waals surface area contributed by atoms with E-state index < -0.39 is 11.9 Å². The Morgan fingerprint density at radius 1 is 1.03 bits per heavy atom. The van der Waals surface area contributed by atoms with Gasteiger partial charge in [0, 0.05) is 35.6 Å². The number of nitrogens with two attached hydrogens (primary N) is 1. The van der Waals surface area contributed by atoms with Crippen LogP contribution in [-0.4, -0.2) is 27.0 Å². The Labute approximate surface area is 178 Å². The molecule has 0 saturated heterocycles. The number of carbonyl (C=O) groups excluding carboxylic acids is 1. The van der Waals surface area contributed by atoms with Gasteiger partial charge < -0.3 is 16.2 Å². The predicted octanol–water partition coefficient (Wildman–Crippen LogP) is 3.63. The van der Waals surface area contributed by atoms with E-state index in [1.807, 2.05) is 30.3 Å². The lowest BCUT2D eigenvalue weighted by Crippen LogP contribution is -2.16. The van der Waals surface area contributed by atoms with Gasteiger partial charge in [0.05, 0.1) is 12.1 Å². The van der Waals surface area contributed by atoms with Gasteiger partial charge in [0.2, 0.25) is 0 Å². The Morgan fingerprint density at radius 2 is 1.87 bits per heavy atom. The van der Waals surface area contributed by atoms with Crippen LogP contribution >= 0.6 is 0 Å². The van der Waals surface area contributed by atoms with Crippen LogP contribution in [0, 0.1) is 0 Å². The molecule has 0 saturated carbocycles. The number of nitrogens with zero attached hydrogens (tertiary/aromatic N) is 2. The lowest BCUT2D eigenvalue weighted by atomic mass is 10.0. The number of fused-ring (bicyclic) bond motifs is 1. The molecule has 0 spiro atoms. The highest BCUT2D eigenvalue weighted by molar-refractivity contribution is 6.07. The summed E-state index contributed by atoms with van der Waals surface area (Å²) < 4.78 is 0. The van der Waals surface area contributed by atoms with E-state index in [2.05, 4.69) is 15.3 Å². The minimum atomic E-state index is -0.972. The van der Waals surface area contributed by atoms with E-state index in [0.717, 1.165) is 21.9 Å². The summed E-state index contributed by atoms with van der Waals surface area (Å²) in [6.45, 7) is 0.393. The number of carboxylic acid groups (broad SMARTS) is 1. The molecule has 0 atom stereocenters. The quantitative estimate of drug-likeness (QED) is 0.445. The van der Waals surface area contributed by atoms with Gasteiger partial charge in [-0.3, -0.25) is 14.6 Å². The number of carbonyl (C=O) groups is 2. The number of rotatable bonds is 6. The van der Waals surface area contributed by atoms with Crippen molar-refractivity contribution in [2.75, 3.05) is 5.32 Å². The lowest BCUT2D eigenvalue weighted by Gasteiger charge is -2.12. The van der Waals surface area contributed by atoms with Crippen molar-refractivity contribution in [3.8, 4) is 11.3 Å². The van der Waals surface area contributed by atoms with Crippen LogP contribution < -0.4 is 11.1 Å². The number of pyridine rings is 2. The molecule has 1 amide bonds. The van der Waals surface area contributed by atoms with Crippen LogP contribution in [0.2, 0.25) is 0 Å². The fourth-order valence-corrected chi connectivity index (χ4v) is 3.42. The molecule has 4 rings (SSSR count). The minimum absolute atomic E-state index is 0.190. The maximum absolute atomic E-state index is 13.0. The molecule has 4 N–H and O–H groups in total. The van der Waals surface area contributed by atoms with Crippen molar-refractivity contribution in [1.29, 1.82) is 0 Å². The maximum atomic E-state index is 13.0. The summed E-state index contributed by atoms with van der Waals surface area (Å²) in [5.41, 5.74) is 9.38. The molecule has 31 heavy (non-hydrogen) atoms. The molecule has 0 fully saturated rings. The molecular formula is C24H20N4O3. The zero-order chi connectivity index (χ0) is 21.8. The number of benzene rings is 2. The molecular weight excluding hydrogens is 392 g/mol. The number of aromatic nitrogens is 2. The molecule has 2 aromatic carbocycles. The summed E-state index contributed by atoms with van der Waals surface area (Å²) in [5.74, 6) is -1.40. The molecule has 154 valence electrons. The second-order valence-corrected chi connectivity index (χ2v) is 7.04. The van der Waals surface area contributed by atoms with Crippen LogP contribution in [0.5, 0.6) is 0 Å². The first-order valence-corrected chi connectivity index (χ1v) is 9.70. The van der Waals surface area contributed by atoms with E-state index in [-0.39, 0.29) is 12.1 Å². The number of anilines is 1. The lowest BCUT2D eigenvalue weighted by molar-refractivity contribution is -0.136. The fraction of sp³-hybridized carbons (Fsp3) is 0.0833. The summed E-state index contributed by atoms with van der Waals surface area (Å²) in [5, 5.41) is 13.6. The van der Waals surface area contributed by atoms with Gasteiger partial charge in [0.1, 0.15) is 5.69 Å². The second kappa shape index (κ2) is 8.73. The molecule has 0 aliphatic heterocycles. The van der Waals surface area contributed by atoms with Gasteiger partial charge >= 0.3 is 5.97 Å². The average molecular weight is 412 g/mol. The standard InChI is InChI=1S/C24H20N4O3/c25-13-15-4-3-6-18(10-15)23-19-14-26-9-8-16(19)11-21(27-23)24(31)28-20-7-2-1-5-17(20)12-22(29)30/h1-11,14H,12-13,25H2,(H,28,31)(H,29,30). The summed E-state index contributed by atoms with van der Waals surface area (Å²) in [6, 6.07) is 18.0. The highest BCUT2D eigenvalue weighted by Gasteiger charge is 2.16. The fourth-order valence-electron chi connectivity index (χ4n) is 3.42. The molecule has 0 unspecified atom stereocenters. The molecule has 7 heteroatoms. The smallest absolute Gasteiger partial charge is 0.307 e. The number of aliphatic carboxylic acids is 1. The average Bonchev–Trinajstić information content (AvgIpc) is 2.79. The molecule has 2 aromatic heterocycles. The Hall–Kier alpha value is -4.10. The SMILES string of the molecule is NCc1cccc(-c2nc(C(=O)Nc3ccccc3CC(=O)O)cc3ccncc23)c1. The van der Waals surface area contributed by atoms with Gasteiger partial charge in [0.15, 0.2) is 0 Å². The van der Waals surface area contributed by atoms with E-state index in [1.165, 1.54) is 0 Å².